The van der Waals surface area contributed by atoms with Crippen LogP contribution in [0.3, 0.4) is 0 Å². The minimum Gasteiger partial charge on any atom is -0.312 e. The zero-order chi connectivity index (χ0) is 11.1. The number of fused-ring (bicyclic) bond motifs is 4. The smallest absolute Gasteiger partial charge is 0.250 e. The number of pyridine rings is 1. The highest BCUT2D eigenvalue weighted by atomic mass is 16.3. The third-order valence-electron chi connectivity index (χ3n) is 3.58. The fourth-order valence-electron chi connectivity index (χ4n) is 2.94. The second-order valence-electron chi connectivity index (χ2n) is 4.65. The summed E-state index contributed by atoms with van der Waals surface area (Å²) in [5.74, 6) is 0.656. The van der Waals surface area contributed by atoms with Crippen molar-refractivity contribution < 1.29 is 0 Å². The first-order chi connectivity index (χ1) is 7.78. The topological polar surface area (TPSA) is 54.7 Å². The van der Waals surface area contributed by atoms with Crippen LogP contribution in [-0.2, 0) is 6.54 Å². The summed E-state index contributed by atoms with van der Waals surface area (Å²) >= 11 is 0. The molecule has 1 saturated heterocycles. The van der Waals surface area contributed by atoms with Gasteiger partial charge < -0.3 is 4.57 Å². The Hall–Kier alpha value is -1.65. The molecule has 2 atom stereocenters. The second kappa shape index (κ2) is 3.43. The summed E-state index contributed by atoms with van der Waals surface area (Å²) in [7, 11) is 0. The summed E-state index contributed by atoms with van der Waals surface area (Å²) in [5.41, 5.74) is 1.12. The van der Waals surface area contributed by atoms with Crippen molar-refractivity contribution in [3.63, 3.8) is 0 Å². The lowest BCUT2D eigenvalue weighted by Gasteiger charge is -2.40. The van der Waals surface area contributed by atoms with Gasteiger partial charge in [0.05, 0.1) is 5.29 Å². The molecule has 0 unspecified atom stereocenters. The summed E-state index contributed by atoms with van der Waals surface area (Å²) in [4.78, 5) is 22.3. The largest absolute Gasteiger partial charge is 0.312 e. The summed E-state index contributed by atoms with van der Waals surface area (Å²) in [6, 6.07) is 5.37. The first-order valence-electron chi connectivity index (χ1n) is 5.56. The standard InChI is InChI=1S/C11H13N3O2/c15-11-3-1-2-10-9-4-8(6-14(10)11)5-13(7-9)12-16/h1-3,8-9H,4-7H2/t8-,9+/m1/s1. The molecule has 5 nitrogen and oxygen atoms in total. The maximum Gasteiger partial charge on any atom is 0.250 e. The van der Waals surface area contributed by atoms with Gasteiger partial charge in [-0.25, -0.2) is 0 Å². The first-order valence-corrected chi connectivity index (χ1v) is 5.56. The normalized spacial score (nSPS) is 27.4. The van der Waals surface area contributed by atoms with E-state index in [9.17, 15) is 9.70 Å². The Bertz CT molecular complexity index is 482. The molecule has 0 aliphatic carbocycles. The van der Waals surface area contributed by atoms with Gasteiger partial charge in [-0.2, -0.15) is 0 Å². The van der Waals surface area contributed by atoms with E-state index in [1.807, 2.05) is 10.6 Å². The summed E-state index contributed by atoms with van der Waals surface area (Å²) in [5, 5.41) is 4.60. The number of nitrogens with zero attached hydrogens (tertiary/aromatic N) is 3. The molecule has 1 aromatic rings. The Morgan fingerprint density at radius 1 is 1.25 bits per heavy atom. The molecule has 1 aromatic heterocycles. The highest BCUT2D eigenvalue weighted by Gasteiger charge is 2.34. The van der Waals surface area contributed by atoms with Gasteiger partial charge in [-0.15, -0.1) is 4.91 Å². The lowest BCUT2D eigenvalue weighted by atomic mass is 9.84. The van der Waals surface area contributed by atoms with Gasteiger partial charge in [-0.1, -0.05) is 6.07 Å². The minimum absolute atomic E-state index is 0.0692. The van der Waals surface area contributed by atoms with Crippen molar-refractivity contribution in [3.8, 4) is 0 Å². The summed E-state index contributed by atoms with van der Waals surface area (Å²) in [6.45, 7) is 2.04. The van der Waals surface area contributed by atoms with Crippen molar-refractivity contribution in [2.45, 2.75) is 18.9 Å². The number of hydrogen-bond donors (Lipinski definition) is 0. The number of rotatable bonds is 1. The Morgan fingerprint density at radius 2 is 2.12 bits per heavy atom. The predicted octanol–water partition coefficient (Wildman–Crippen LogP) is 0.949. The van der Waals surface area contributed by atoms with Crippen molar-refractivity contribution in [2.75, 3.05) is 13.1 Å². The minimum atomic E-state index is 0.0692. The SMILES string of the molecule is O=NN1C[C@H]2C[C@@H](C1)c1cccc(=O)n1C2. The van der Waals surface area contributed by atoms with Crippen LogP contribution in [0.15, 0.2) is 28.3 Å². The number of hydrogen-bond acceptors (Lipinski definition) is 3. The molecule has 2 aliphatic rings. The van der Waals surface area contributed by atoms with E-state index in [-0.39, 0.29) is 11.5 Å². The molecular weight excluding hydrogens is 206 g/mol. The fourth-order valence-corrected chi connectivity index (χ4v) is 2.94. The van der Waals surface area contributed by atoms with E-state index in [0.29, 0.717) is 19.0 Å². The van der Waals surface area contributed by atoms with Crippen LogP contribution >= 0.6 is 0 Å². The summed E-state index contributed by atoms with van der Waals surface area (Å²) < 4.78 is 1.85. The molecule has 3 heterocycles. The van der Waals surface area contributed by atoms with E-state index in [4.69, 9.17) is 0 Å². The zero-order valence-corrected chi connectivity index (χ0v) is 8.87. The van der Waals surface area contributed by atoms with Gasteiger partial charge in [0, 0.05) is 37.3 Å². The van der Waals surface area contributed by atoms with Gasteiger partial charge in [0.15, 0.2) is 0 Å². The van der Waals surface area contributed by atoms with Crippen LogP contribution < -0.4 is 5.56 Å². The lowest BCUT2D eigenvalue weighted by molar-refractivity contribution is 0.122. The first kappa shape index (κ1) is 9.57. The molecule has 0 amide bonds. The van der Waals surface area contributed by atoms with E-state index in [0.717, 1.165) is 18.7 Å². The molecule has 0 N–H and O–H groups in total. The molecule has 0 spiro atoms. The summed E-state index contributed by atoms with van der Waals surface area (Å²) in [6.07, 6.45) is 1.06. The predicted molar refractivity (Wildman–Crippen MR) is 58.9 cm³/mol. The third-order valence-corrected chi connectivity index (χ3v) is 3.58. The zero-order valence-electron chi connectivity index (χ0n) is 8.87. The molecule has 84 valence electrons. The average Bonchev–Trinajstić information content (AvgIpc) is 2.30. The highest BCUT2D eigenvalue weighted by Crippen LogP contribution is 2.34. The van der Waals surface area contributed by atoms with E-state index in [2.05, 4.69) is 5.29 Å². The molecule has 1 fully saturated rings. The van der Waals surface area contributed by atoms with E-state index < -0.39 is 0 Å². The Labute approximate surface area is 92.6 Å². The molecule has 0 saturated carbocycles. The number of aromatic nitrogens is 1. The molecule has 2 bridgehead atoms. The molecule has 0 radical (unpaired) electrons. The van der Waals surface area contributed by atoms with Crippen molar-refractivity contribution in [1.82, 2.24) is 9.58 Å². The van der Waals surface area contributed by atoms with Crippen LogP contribution in [0.25, 0.3) is 0 Å². The maximum atomic E-state index is 11.7. The highest BCUT2D eigenvalue weighted by molar-refractivity contribution is 5.16. The molecule has 0 aromatic carbocycles. The van der Waals surface area contributed by atoms with Crippen molar-refractivity contribution >= 4 is 0 Å². The van der Waals surface area contributed by atoms with Crippen molar-refractivity contribution in [1.29, 1.82) is 0 Å². The average molecular weight is 219 g/mol. The van der Waals surface area contributed by atoms with Gasteiger partial charge in [0.2, 0.25) is 0 Å². The van der Waals surface area contributed by atoms with Crippen LogP contribution in [0.1, 0.15) is 18.0 Å². The van der Waals surface area contributed by atoms with Crippen LogP contribution in [0.5, 0.6) is 0 Å². The van der Waals surface area contributed by atoms with E-state index >= 15 is 0 Å². The van der Waals surface area contributed by atoms with Crippen LogP contribution in [0, 0.1) is 10.8 Å². The van der Waals surface area contributed by atoms with Crippen molar-refractivity contribution in [3.05, 3.63) is 39.2 Å². The number of nitroso groups, excluding NO2 is 1. The molecule has 2 aliphatic heterocycles. The van der Waals surface area contributed by atoms with E-state index in [1.54, 1.807) is 17.1 Å². The molecular formula is C11H13N3O2. The van der Waals surface area contributed by atoms with Gasteiger partial charge >= 0.3 is 0 Å². The Kier molecular flexibility index (Phi) is 2.05. The fraction of sp³-hybridized carbons (Fsp3) is 0.545. The monoisotopic (exact) mass is 219 g/mol. The van der Waals surface area contributed by atoms with Gasteiger partial charge in [0.1, 0.15) is 0 Å². The lowest BCUT2D eigenvalue weighted by Crippen LogP contribution is -2.44. The second-order valence-corrected chi connectivity index (χ2v) is 4.65. The van der Waals surface area contributed by atoms with Crippen LogP contribution in [0.2, 0.25) is 0 Å². The quantitative estimate of drug-likeness (QED) is 0.661. The van der Waals surface area contributed by atoms with Gasteiger partial charge in [0.25, 0.3) is 5.56 Å². The van der Waals surface area contributed by atoms with Gasteiger partial charge in [-0.3, -0.25) is 9.80 Å². The van der Waals surface area contributed by atoms with Crippen LogP contribution in [-0.4, -0.2) is 22.7 Å². The Balaban J connectivity index is 2.05. The Morgan fingerprint density at radius 3 is 2.94 bits per heavy atom. The molecule has 5 heteroatoms. The van der Waals surface area contributed by atoms with Crippen molar-refractivity contribution in [2.24, 2.45) is 11.2 Å². The number of piperidine rings is 1. The molecule has 16 heavy (non-hydrogen) atoms. The molecule has 3 rings (SSSR count). The van der Waals surface area contributed by atoms with Crippen LogP contribution in [0.4, 0.5) is 0 Å². The van der Waals surface area contributed by atoms with E-state index in [1.165, 1.54) is 0 Å². The third kappa shape index (κ3) is 1.35. The maximum absolute atomic E-state index is 11.7. The van der Waals surface area contributed by atoms with Gasteiger partial charge in [-0.05, 0) is 18.4 Å².